The fraction of sp³-hybridized carbons (Fsp3) is 0.0769. The molecule has 0 bridgehead atoms. The van der Waals surface area contributed by atoms with Crippen molar-refractivity contribution in [3.63, 3.8) is 0 Å². The Kier molecular flexibility index (Phi) is 2.93. The van der Waals surface area contributed by atoms with E-state index in [0.717, 1.165) is 0 Å². The lowest BCUT2D eigenvalue weighted by molar-refractivity contribution is 0.608. The highest BCUT2D eigenvalue weighted by Crippen LogP contribution is 2.24. The number of pyridine rings is 1. The fourth-order valence-corrected chi connectivity index (χ4v) is 1.55. The molecular weight excluding hydrogens is 203 g/mol. The van der Waals surface area contributed by atoms with Crippen LogP contribution in [0.3, 0.4) is 0 Å². The fourth-order valence-electron chi connectivity index (χ4n) is 1.55. The maximum Gasteiger partial charge on any atom is 0.128 e. The first-order valence-electron chi connectivity index (χ1n) is 4.88. The van der Waals surface area contributed by atoms with Crippen LogP contribution in [-0.4, -0.2) is 4.98 Å². The predicted octanol–water partition coefficient (Wildman–Crippen LogP) is 2.88. The molecule has 0 N–H and O–H groups in total. The van der Waals surface area contributed by atoms with Gasteiger partial charge < -0.3 is 0 Å². The quantitative estimate of drug-likeness (QED) is 0.767. The third-order valence-corrected chi connectivity index (χ3v) is 2.33. The van der Waals surface area contributed by atoms with Gasteiger partial charge in [-0.25, -0.2) is 4.39 Å². The van der Waals surface area contributed by atoms with E-state index in [9.17, 15) is 4.39 Å². The van der Waals surface area contributed by atoms with Gasteiger partial charge in [0, 0.05) is 11.8 Å². The van der Waals surface area contributed by atoms with Gasteiger partial charge in [-0.05, 0) is 18.2 Å². The van der Waals surface area contributed by atoms with Gasteiger partial charge in [0.1, 0.15) is 11.7 Å². The van der Waals surface area contributed by atoms with Crippen LogP contribution in [0.25, 0.3) is 0 Å². The number of rotatable bonds is 2. The van der Waals surface area contributed by atoms with Gasteiger partial charge in [0.05, 0.1) is 11.8 Å². The van der Waals surface area contributed by atoms with Gasteiger partial charge in [-0.3, -0.25) is 4.98 Å². The molecule has 0 unspecified atom stereocenters. The van der Waals surface area contributed by atoms with Crippen LogP contribution in [0.5, 0.6) is 0 Å². The number of aromatic nitrogens is 1. The third-order valence-electron chi connectivity index (χ3n) is 2.33. The SMILES string of the molecule is N#C[C@@H](c1ccccn1)c1ccccc1F. The van der Waals surface area contributed by atoms with Crippen molar-refractivity contribution < 1.29 is 4.39 Å². The standard InChI is InChI=1S/C13H9FN2/c14-12-6-2-1-5-10(12)11(9-15)13-7-3-4-8-16-13/h1-8,11H/t11-/m1/s1. The van der Waals surface area contributed by atoms with Crippen LogP contribution in [0.1, 0.15) is 17.2 Å². The Morgan fingerprint density at radius 3 is 2.50 bits per heavy atom. The Labute approximate surface area is 93.0 Å². The Morgan fingerprint density at radius 1 is 1.12 bits per heavy atom. The van der Waals surface area contributed by atoms with Crippen molar-refractivity contribution in [3.8, 4) is 6.07 Å². The smallest absolute Gasteiger partial charge is 0.128 e. The predicted molar refractivity (Wildman–Crippen MR) is 58.1 cm³/mol. The van der Waals surface area contributed by atoms with Gasteiger partial charge in [-0.1, -0.05) is 24.3 Å². The Hall–Kier alpha value is -2.21. The minimum Gasteiger partial charge on any atom is -0.260 e. The summed E-state index contributed by atoms with van der Waals surface area (Å²) >= 11 is 0. The highest BCUT2D eigenvalue weighted by Gasteiger charge is 2.17. The number of nitriles is 1. The Bertz CT molecular complexity index is 517. The van der Waals surface area contributed by atoms with Crippen molar-refractivity contribution in [1.82, 2.24) is 4.98 Å². The van der Waals surface area contributed by atoms with E-state index in [2.05, 4.69) is 11.1 Å². The van der Waals surface area contributed by atoms with E-state index in [4.69, 9.17) is 5.26 Å². The molecule has 0 amide bonds. The largest absolute Gasteiger partial charge is 0.260 e. The molecule has 3 heteroatoms. The summed E-state index contributed by atoms with van der Waals surface area (Å²) in [5.41, 5.74) is 0.929. The number of benzene rings is 1. The van der Waals surface area contributed by atoms with Gasteiger partial charge in [-0.15, -0.1) is 0 Å². The maximum atomic E-state index is 13.5. The van der Waals surface area contributed by atoms with Crippen molar-refractivity contribution in [3.05, 3.63) is 65.7 Å². The summed E-state index contributed by atoms with van der Waals surface area (Å²) in [6.45, 7) is 0. The summed E-state index contributed by atoms with van der Waals surface area (Å²) < 4.78 is 13.5. The summed E-state index contributed by atoms with van der Waals surface area (Å²) in [6.07, 6.45) is 1.60. The van der Waals surface area contributed by atoms with E-state index in [1.807, 2.05) is 0 Å². The van der Waals surface area contributed by atoms with Crippen molar-refractivity contribution >= 4 is 0 Å². The van der Waals surface area contributed by atoms with Gasteiger partial charge in [0.2, 0.25) is 0 Å². The van der Waals surface area contributed by atoms with Crippen molar-refractivity contribution in [1.29, 1.82) is 5.26 Å². The molecule has 16 heavy (non-hydrogen) atoms. The lowest BCUT2D eigenvalue weighted by Crippen LogP contribution is -2.02. The number of halogens is 1. The zero-order valence-corrected chi connectivity index (χ0v) is 8.47. The highest BCUT2D eigenvalue weighted by atomic mass is 19.1. The second kappa shape index (κ2) is 4.54. The zero-order valence-electron chi connectivity index (χ0n) is 8.47. The van der Waals surface area contributed by atoms with Gasteiger partial charge >= 0.3 is 0 Å². The first-order valence-corrected chi connectivity index (χ1v) is 4.88. The lowest BCUT2D eigenvalue weighted by atomic mass is 9.96. The molecule has 0 fully saturated rings. The molecule has 2 nitrogen and oxygen atoms in total. The van der Waals surface area contributed by atoms with Crippen LogP contribution in [0, 0.1) is 17.1 Å². The molecule has 1 atom stereocenters. The summed E-state index contributed by atoms with van der Waals surface area (Å²) in [7, 11) is 0. The lowest BCUT2D eigenvalue weighted by Gasteiger charge is -2.09. The number of hydrogen-bond acceptors (Lipinski definition) is 2. The second-order valence-corrected chi connectivity index (χ2v) is 3.34. The van der Waals surface area contributed by atoms with Crippen LogP contribution < -0.4 is 0 Å². The summed E-state index contributed by atoms with van der Waals surface area (Å²) in [6, 6.07) is 13.6. The summed E-state index contributed by atoms with van der Waals surface area (Å²) in [5.74, 6) is -1.03. The van der Waals surface area contributed by atoms with Crippen LogP contribution in [-0.2, 0) is 0 Å². The molecule has 0 saturated heterocycles. The van der Waals surface area contributed by atoms with Gasteiger partial charge in [-0.2, -0.15) is 5.26 Å². The third kappa shape index (κ3) is 1.91. The molecule has 2 rings (SSSR count). The summed E-state index contributed by atoms with van der Waals surface area (Å²) in [4.78, 5) is 4.08. The minimum atomic E-state index is -0.651. The highest BCUT2D eigenvalue weighted by molar-refractivity contribution is 5.35. The molecule has 0 aliphatic rings. The molecule has 0 saturated carbocycles. The van der Waals surface area contributed by atoms with Crippen molar-refractivity contribution in [2.45, 2.75) is 5.92 Å². The second-order valence-electron chi connectivity index (χ2n) is 3.34. The molecule has 0 radical (unpaired) electrons. The molecule has 1 heterocycles. The average Bonchev–Trinajstić information content (AvgIpc) is 2.34. The number of hydrogen-bond donors (Lipinski definition) is 0. The number of nitrogens with zero attached hydrogens (tertiary/aromatic N) is 2. The zero-order chi connectivity index (χ0) is 11.4. The van der Waals surface area contributed by atoms with E-state index < -0.39 is 5.92 Å². The molecule has 0 aliphatic carbocycles. The molecule has 2 aromatic rings. The van der Waals surface area contributed by atoms with E-state index in [1.54, 1.807) is 42.6 Å². The molecule has 0 spiro atoms. The van der Waals surface area contributed by atoms with E-state index in [-0.39, 0.29) is 5.82 Å². The van der Waals surface area contributed by atoms with Gasteiger partial charge in [0.25, 0.3) is 0 Å². The summed E-state index contributed by atoms with van der Waals surface area (Å²) in [5, 5.41) is 9.10. The van der Waals surface area contributed by atoms with Gasteiger partial charge in [0.15, 0.2) is 0 Å². The monoisotopic (exact) mass is 212 g/mol. The van der Waals surface area contributed by atoms with Crippen LogP contribution in [0.4, 0.5) is 4.39 Å². The van der Waals surface area contributed by atoms with Crippen molar-refractivity contribution in [2.24, 2.45) is 0 Å². The van der Waals surface area contributed by atoms with Crippen LogP contribution in [0.15, 0.2) is 48.7 Å². The van der Waals surface area contributed by atoms with Crippen LogP contribution in [0.2, 0.25) is 0 Å². The first kappa shape index (κ1) is 10.3. The minimum absolute atomic E-state index is 0.365. The average molecular weight is 212 g/mol. The molecule has 1 aromatic heterocycles. The molecule has 1 aromatic carbocycles. The van der Waals surface area contributed by atoms with E-state index >= 15 is 0 Å². The molecular formula is C13H9FN2. The van der Waals surface area contributed by atoms with E-state index in [0.29, 0.717) is 11.3 Å². The van der Waals surface area contributed by atoms with Crippen LogP contribution >= 0.6 is 0 Å². The first-order chi connectivity index (χ1) is 7.83. The topological polar surface area (TPSA) is 36.7 Å². The Morgan fingerprint density at radius 2 is 1.88 bits per heavy atom. The normalized spacial score (nSPS) is 11.8. The Balaban J connectivity index is 2.47. The van der Waals surface area contributed by atoms with Crippen molar-refractivity contribution in [2.75, 3.05) is 0 Å². The molecule has 78 valence electrons. The molecule has 0 aliphatic heterocycles. The maximum absolute atomic E-state index is 13.5. The van der Waals surface area contributed by atoms with E-state index in [1.165, 1.54) is 6.07 Å².